The van der Waals surface area contributed by atoms with Gasteiger partial charge >= 0.3 is 0 Å². The number of carbonyl (C=O) groups is 1. The van der Waals surface area contributed by atoms with Crippen LogP contribution in [0.25, 0.3) is 0 Å². The molecular weight excluding hydrogens is 280 g/mol. The summed E-state index contributed by atoms with van der Waals surface area (Å²) in [6.07, 6.45) is 3.80. The van der Waals surface area contributed by atoms with Gasteiger partial charge in [-0.15, -0.1) is 0 Å². The van der Waals surface area contributed by atoms with E-state index in [1.165, 1.54) is 0 Å². The predicted molar refractivity (Wildman–Crippen MR) is 86.5 cm³/mol. The van der Waals surface area contributed by atoms with E-state index < -0.39 is 0 Å². The monoisotopic (exact) mass is 306 g/mol. The fraction of sp³-hybridized carbons (Fsp3) is 0.588. The molecule has 122 valence electrons. The van der Waals surface area contributed by atoms with Gasteiger partial charge in [0.25, 0.3) is 5.91 Å². The summed E-state index contributed by atoms with van der Waals surface area (Å²) in [5.74, 6) is 1.33. The molecule has 0 unspecified atom stereocenters. The van der Waals surface area contributed by atoms with Crippen LogP contribution in [-0.4, -0.2) is 43.7 Å². The number of hydrogen-bond acceptors (Lipinski definition) is 4. The normalized spacial score (nSPS) is 15.7. The molecule has 1 saturated heterocycles. The molecule has 2 rings (SSSR count). The number of nitrogens with zero attached hydrogens (tertiary/aromatic N) is 1. The van der Waals surface area contributed by atoms with E-state index in [4.69, 9.17) is 15.2 Å². The average molecular weight is 306 g/mol. The van der Waals surface area contributed by atoms with E-state index in [0.717, 1.165) is 38.8 Å². The number of nitrogens with two attached hydrogens (primary N) is 1. The number of likely N-dealkylation sites (tertiary alicyclic amines) is 1. The molecule has 0 aliphatic carbocycles. The first-order valence-electron chi connectivity index (χ1n) is 8.01. The summed E-state index contributed by atoms with van der Waals surface area (Å²) >= 11 is 0. The van der Waals surface area contributed by atoms with Crippen LogP contribution >= 0.6 is 0 Å². The van der Waals surface area contributed by atoms with Crippen LogP contribution in [0.15, 0.2) is 18.2 Å². The lowest BCUT2D eigenvalue weighted by molar-refractivity contribution is 0.0714. The van der Waals surface area contributed by atoms with Crippen LogP contribution in [0.5, 0.6) is 11.5 Å². The Kier molecular flexibility index (Phi) is 6.07. The van der Waals surface area contributed by atoms with Crippen molar-refractivity contribution in [2.24, 2.45) is 5.73 Å². The topological polar surface area (TPSA) is 64.8 Å². The number of methoxy groups -OCH3 is 1. The van der Waals surface area contributed by atoms with Gasteiger partial charge in [0.15, 0.2) is 11.5 Å². The standard InChI is InChI=1S/C17H26N2O3/c1-3-4-11-22-15-6-5-13(12-16(15)21-2)17(20)19-9-7-14(18)8-10-19/h5-6,12,14H,3-4,7-11,18H2,1-2H3. The molecule has 0 saturated carbocycles. The van der Waals surface area contributed by atoms with Crippen molar-refractivity contribution in [3.05, 3.63) is 23.8 Å². The number of carbonyl (C=O) groups excluding carboxylic acids is 1. The minimum Gasteiger partial charge on any atom is -0.493 e. The largest absolute Gasteiger partial charge is 0.493 e. The van der Waals surface area contributed by atoms with E-state index in [0.29, 0.717) is 23.7 Å². The Morgan fingerprint density at radius 2 is 2.05 bits per heavy atom. The second-order valence-electron chi connectivity index (χ2n) is 5.70. The minimum absolute atomic E-state index is 0.0327. The summed E-state index contributed by atoms with van der Waals surface area (Å²) in [7, 11) is 1.59. The highest BCUT2D eigenvalue weighted by Crippen LogP contribution is 2.29. The lowest BCUT2D eigenvalue weighted by Crippen LogP contribution is -2.42. The molecule has 0 bridgehead atoms. The quantitative estimate of drug-likeness (QED) is 0.820. The second-order valence-corrected chi connectivity index (χ2v) is 5.70. The molecule has 5 heteroatoms. The first kappa shape index (κ1) is 16.6. The summed E-state index contributed by atoms with van der Waals surface area (Å²) in [5.41, 5.74) is 6.52. The number of hydrogen-bond donors (Lipinski definition) is 1. The number of piperidine rings is 1. The zero-order valence-corrected chi connectivity index (χ0v) is 13.5. The van der Waals surface area contributed by atoms with E-state index in [2.05, 4.69) is 6.92 Å². The van der Waals surface area contributed by atoms with Gasteiger partial charge in [-0.1, -0.05) is 13.3 Å². The molecule has 0 radical (unpaired) electrons. The molecule has 0 aromatic heterocycles. The van der Waals surface area contributed by atoms with Gasteiger partial charge in [-0.05, 0) is 37.5 Å². The molecule has 1 amide bonds. The molecule has 5 nitrogen and oxygen atoms in total. The van der Waals surface area contributed by atoms with Gasteiger partial charge in [0.2, 0.25) is 0 Å². The third-order valence-electron chi connectivity index (χ3n) is 3.99. The Hall–Kier alpha value is -1.75. The van der Waals surface area contributed by atoms with Crippen molar-refractivity contribution in [2.75, 3.05) is 26.8 Å². The molecule has 1 aromatic carbocycles. The van der Waals surface area contributed by atoms with E-state index in [9.17, 15) is 4.79 Å². The SMILES string of the molecule is CCCCOc1ccc(C(=O)N2CCC(N)CC2)cc1OC. The first-order chi connectivity index (χ1) is 10.7. The molecule has 1 aliphatic rings. The van der Waals surface area contributed by atoms with Crippen molar-refractivity contribution in [1.29, 1.82) is 0 Å². The smallest absolute Gasteiger partial charge is 0.253 e. The van der Waals surface area contributed by atoms with Crippen molar-refractivity contribution in [3.8, 4) is 11.5 Å². The van der Waals surface area contributed by atoms with Gasteiger partial charge in [-0.25, -0.2) is 0 Å². The number of amides is 1. The minimum atomic E-state index is 0.0327. The molecule has 1 heterocycles. The Morgan fingerprint density at radius 3 is 2.68 bits per heavy atom. The number of benzene rings is 1. The highest BCUT2D eigenvalue weighted by molar-refractivity contribution is 5.95. The maximum Gasteiger partial charge on any atom is 0.253 e. The first-order valence-corrected chi connectivity index (χ1v) is 8.01. The Balaban J connectivity index is 2.06. The van der Waals surface area contributed by atoms with E-state index in [-0.39, 0.29) is 11.9 Å². The van der Waals surface area contributed by atoms with Crippen molar-refractivity contribution in [1.82, 2.24) is 4.90 Å². The van der Waals surface area contributed by atoms with Gasteiger partial charge in [-0.3, -0.25) is 4.79 Å². The highest BCUT2D eigenvalue weighted by atomic mass is 16.5. The zero-order valence-electron chi connectivity index (χ0n) is 13.5. The van der Waals surface area contributed by atoms with Crippen molar-refractivity contribution >= 4 is 5.91 Å². The lowest BCUT2D eigenvalue weighted by Gasteiger charge is -2.30. The number of rotatable bonds is 6. The maximum absolute atomic E-state index is 12.5. The summed E-state index contributed by atoms with van der Waals surface area (Å²) in [4.78, 5) is 14.4. The fourth-order valence-corrected chi connectivity index (χ4v) is 2.53. The highest BCUT2D eigenvalue weighted by Gasteiger charge is 2.22. The maximum atomic E-state index is 12.5. The van der Waals surface area contributed by atoms with Crippen LogP contribution in [0.3, 0.4) is 0 Å². The third-order valence-corrected chi connectivity index (χ3v) is 3.99. The van der Waals surface area contributed by atoms with Crippen molar-refractivity contribution < 1.29 is 14.3 Å². The molecule has 1 fully saturated rings. The average Bonchev–Trinajstić information content (AvgIpc) is 2.55. The summed E-state index contributed by atoms with van der Waals surface area (Å²) in [6, 6.07) is 5.60. The Morgan fingerprint density at radius 1 is 1.32 bits per heavy atom. The van der Waals surface area contributed by atoms with Gasteiger partial charge < -0.3 is 20.1 Å². The molecular formula is C17H26N2O3. The molecule has 1 aromatic rings. The van der Waals surface area contributed by atoms with E-state index >= 15 is 0 Å². The molecule has 0 spiro atoms. The second kappa shape index (κ2) is 8.03. The van der Waals surface area contributed by atoms with Crippen LogP contribution in [-0.2, 0) is 0 Å². The lowest BCUT2D eigenvalue weighted by atomic mass is 10.0. The Labute approximate surface area is 132 Å². The van der Waals surface area contributed by atoms with Crippen LogP contribution in [0, 0.1) is 0 Å². The molecule has 1 aliphatic heterocycles. The number of unbranched alkanes of at least 4 members (excludes halogenated alkanes) is 1. The van der Waals surface area contributed by atoms with Crippen molar-refractivity contribution in [3.63, 3.8) is 0 Å². The van der Waals surface area contributed by atoms with Gasteiger partial charge in [0.05, 0.1) is 13.7 Å². The summed E-state index contributed by atoms with van der Waals surface area (Å²) < 4.78 is 11.1. The van der Waals surface area contributed by atoms with E-state index in [1.54, 1.807) is 19.2 Å². The number of ether oxygens (including phenoxy) is 2. The van der Waals surface area contributed by atoms with Gasteiger partial charge in [0.1, 0.15) is 0 Å². The van der Waals surface area contributed by atoms with Gasteiger partial charge in [0, 0.05) is 24.7 Å². The summed E-state index contributed by atoms with van der Waals surface area (Å²) in [5, 5.41) is 0. The predicted octanol–water partition coefficient (Wildman–Crippen LogP) is 2.44. The summed E-state index contributed by atoms with van der Waals surface area (Å²) in [6.45, 7) is 4.21. The Bertz CT molecular complexity index is 497. The molecule has 0 atom stereocenters. The third kappa shape index (κ3) is 4.13. The van der Waals surface area contributed by atoms with Crippen LogP contribution in [0.2, 0.25) is 0 Å². The van der Waals surface area contributed by atoms with Crippen LogP contribution < -0.4 is 15.2 Å². The van der Waals surface area contributed by atoms with Gasteiger partial charge in [-0.2, -0.15) is 0 Å². The van der Waals surface area contributed by atoms with Crippen LogP contribution in [0.4, 0.5) is 0 Å². The fourth-order valence-electron chi connectivity index (χ4n) is 2.53. The zero-order chi connectivity index (χ0) is 15.9. The van der Waals surface area contributed by atoms with Crippen LogP contribution in [0.1, 0.15) is 43.0 Å². The van der Waals surface area contributed by atoms with E-state index in [1.807, 2.05) is 11.0 Å². The molecule has 2 N–H and O–H groups in total. The molecule has 22 heavy (non-hydrogen) atoms. The van der Waals surface area contributed by atoms with Crippen molar-refractivity contribution in [2.45, 2.75) is 38.6 Å².